The van der Waals surface area contributed by atoms with E-state index < -0.39 is 5.41 Å². The number of fused-ring (bicyclic) bond motifs is 5. The first-order valence-electron chi connectivity index (χ1n) is 10.00. The van der Waals surface area contributed by atoms with Gasteiger partial charge in [-0.1, -0.05) is 19.1 Å². The Kier molecular flexibility index (Phi) is 3.45. The second-order valence-corrected chi connectivity index (χ2v) is 9.24. The molecule has 2 saturated heterocycles. The average Bonchev–Trinajstić information content (AvgIpc) is 2.88. The Morgan fingerprint density at radius 2 is 2.00 bits per heavy atom. The van der Waals surface area contributed by atoms with Crippen molar-refractivity contribution in [2.24, 2.45) is 40.9 Å². The van der Waals surface area contributed by atoms with Gasteiger partial charge in [0, 0.05) is 19.3 Å². The fourth-order valence-electron chi connectivity index (χ4n) is 6.94. The second kappa shape index (κ2) is 5.43. The van der Waals surface area contributed by atoms with Crippen molar-refractivity contribution in [3.63, 3.8) is 0 Å². The van der Waals surface area contributed by atoms with Crippen LogP contribution in [0.4, 0.5) is 0 Å². The zero-order chi connectivity index (χ0) is 18.2. The summed E-state index contributed by atoms with van der Waals surface area (Å²) < 4.78 is 11.2. The van der Waals surface area contributed by atoms with E-state index in [1.807, 2.05) is 0 Å². The molecule has 1 spiro atoms. The third-order valence-electron chi connectivity index (χ3n) is 7.97. The number of carbonyl (C=O) groups excluding carboxylic acids is 3. The first-order chi connectivity index (χ1) is 12.4. The van der Waals surface area contributed by atoms with Crippen molar-refractivity contribution >= 4 is 17.7 Å². The number of allylic oxidation sites excluding steroid dienone is 1. The van der Waals surface area contributed by atoms with Crippen molar-refractivity contribution in [1.29, 1.82) is 0 Å². The lowest BCUT2D eigenvalue weighted by atomic mass is 9.49. The van der Waals surface area contributed by atoms with Crippen LogP contribution in [0.2, 0.25) is 0 Å². The summed E-state index contributed by atoms with van der Waals surface area (Å²) in [5.41, 5.74) is -0.894. The molecule has 2 aliphatic heterocycles. The number of Topliss-reactive ketones (excluding diaryl/α,β-unsaturated/α-hetero) is 1. The maximum Gasteiger partial charge on any atom is 0.320 e. The Morgan fingerprint density at radius 1 is 1.19 bits per heavy atom. The molecule has 0 amide bonds. The van der Waals surface area contributed by atoms with Gasteiger partial charge < -0.3 is 9.47 Å². The summed E-state index contributed by atoms with van der Waals surface area (Å²) in [6.07, 6.45) is 8.01. The zero-order valence-electron chi connectivity index (χ0n) is 15.4. The summed E-state index contributed by atoms with van der Waals surface area (Å²) in [7, 11) is 0. The minimum Gasteiger partial charge on any atom is -0.462 e. The average molecular weight is 358 g/mol. The number of hydrogen-bond donors (Lipinski definition) is 0. The van der Waals surface area contributed by atoms with Gasteiger partial charge in [0.05, 0.1) is 0 Å². The standard InChI is InChI=1S/C21H26O5/c1-10-5-16-15(19(10)25-11(2)22)4-3-12-6-13-7-14-8-18(23)21(13,9-17(12)16)20(24)26-14/h3-4,10,12-17,19H,5-9H2,1-2H3/t10-,12-,13+,14-,15+,16+,17+,19+,21+/m1/s1. The molecule has 4 aliphatic carbocycles. The Bertz CT molecular complexity index is 691. The summed E-state index contributed by atoms with van der Waals surface area (Å²) in [6, 6.07) is 0. The van der Waals surface area contributed by atoms with Crippen molar-refractivity contribution < 1.29 is 23.9 Å². The van der Waals surface area contributed by atoms with E-state index in [4.69, 9.17) is 9.47 Å². The van der Waals surface area contributed by atoms with Crippen LogP contribution in [-0.4, -0.2) is 29.9 Å². The number of carbonyl (C=O) groups is 3. The molecule has 0 N–H and O–H groups in total. The van der Waals surface area contributed by atoms with Crippen LogP contribution >= 0.6 is 0 Å². The molecule has 0 aromatic heterocycles. The predicted molar refractivity (Wildman–Crippen MR) is 91.7 cm³/mol. The Hall–Kier alpha value is -1.65. The predicted octanol–water partition coefficient (Wildman–Crippen LogP) is 2.68. The summed E-state index contributed by atoms with van der Waals surface area (Å²) >= 11 is 0. The largest absolute Gasteiger partial charge is 0.462 e. The molecule has 0 aromatic rings. The first kappa shape index (κ1) is 16.5. The lowest BCUT2D eigenvalue weighted by Gasteiger charge is -2.56. The summed E-state index contributed by atoms with van der Waals surface area (Å²) in [6.45, 7) is 3.61. The fraction of sp³-hybridized carbons (Fsp3) is 0.762. The molecule has 26 heavy (non-hydrogen) atoms. The van der Waals surface area contributed by atoms with E-state index in [1.165, 1.54) is 6.92 Å². The number of ketones is 1. The summed E-state index contributed by atoms with van der Waals surface area (Å²) in [5, 5.41) is 0. The van der Waals surface area contributed by atoms with E-state index in [-0.39, 0.29) is 41.8 Å². The van der Waals surface area contributed by atoms with Gasteiger partial charge in [0.2, 0.25) is 0 Å². The van der Waals surface area contributed by atoms with Gasteiger partial charge in [-0.3, -0.25) is 14.4 Å². The summed E-state index contributed by atoms with van der Waals surface area (Å²) in [5.74, 6) is 1.37. The van der Waals surface area contributed by atoms with Gasteiger partial charge >= 0.3 is 11.9 Å². The van der Waals surface area contributed by atoms with Crippen molar-refractivity contribution in [2.75, 3.05) is 0 Å². The number of esters is 2. The second-order valence-electron chi connectivity index (χ2n) is 9.24. The third kappa shape index (κ3) is 2.06. The van der Waals surface area contributed by atoms with Crippen LogP contribution in [0.5, 0.6) is 0 Å². The Morgan fingerprint density at radius 3 is 2.73 bits per heavy atom. The number of rotatable bonds is 1. The van der Waals surface area contributed by atoms with Crippen LogP contribution in [0.3, 0.4) is 0 Å². The van der Waals surface area contributed by atoms with Gasteiger partial charge in [0.25, 0.3) is 0 Å². The molecule has 9 atom stereocenters. The van der Waals surface area contributed by atoms with E-state index >= 15 is 0 Å². The lowest BCUT2D eigenvalue weighted by Crippen LogP contribution is -2.62. The van der Waals surface area contributed by atoms with Crippen LogP contribution in [0, 0.1) is 40.9 Å². The highest BCUT2D eigenvalue weighted by Gasteiger charge is 2.66. The molecule has 6 rings (SSSR count). The quantitative estimate of drug-likeness (QED) is 0.409. The van der Waals surface area contributed by atoms with Crippen LogP contribution in [-0.2, 0) is 23.9 Å². The van der Waals surface area contributed by atoms with E-state index in [0.717, 1.165) is 19.3 Å². The van der Waals surface area contributed by atoms with Gasteiger partial charge in [-0.25, -0.2) is 0 Å². The molecule has 0 aromatic carbocycles. The molecule has 3 saturated carbocycles. The highest BCUT2D eigenvalue weighted by Crippen LogP contribution is 2.61. The van der Waals surface area contributed by atoms with Crippen LogP contribution in [0.1, 0.15) is 46.0 Å². The highest BCUT2D eigenvalue weighted by molar-refractivity contribution is 6.07. The highest BCUT2D eigenvalue weighted by atomic mass is 16.6. The maximum atomic E-state index is 12.9. The minimum absolute atomic E-state index is 0.0883. The number of ether oxygens (including phenoxy) is 2. The molecular weight excluding hydrogens is 332 g/mol. The van der Waals surface area contributed by atoms with Gasteiger partial charge in [-0.05, 0) is 55.3 Å². The normalized spacial score (nSPS) is 51.3. The monoisotopic (exact) mass is 358 g/mol. The molecular formula is C21H26O5. The van der Waals surface area contributed by atoms with Crippen LogP contribution in [0.25, 0.3) is 0 Å². The van der Waals surface area contributed by atoms with Gasteiger partial charge in [0.1, 0.15) is 17.6 Å². The lowest BCUT2D eigenvalue weighted by molar-refractivity contribution is -0.202. The number of hydrogen-bond acceptors (Lipinski definition) is 5. The molecule has 5 nitrogen and oxygen atoms in total. The van der Waals surface area contributed by atoms with Crippen molar-refractivity contribution in [2.45, 2.75) is 58.2 Å². The van der Waals surface area contributed by atoms with Crippen LogP contribution in [0.15, 0.2) is 12.2 Å². The van der Waals surface area contributed by atoms with E-state index in [9.17, 15) is 14.4 Å². The summed E-state index contributed by atoms with van der Waals surface area (Å²) in [4.78, 5) is 37.1. The molecule has 5 fully saturated rings. The molecule has 0 radical (unpaired) electrons. The van der Waals surface area contributed by atoms with E-state index in [1.54, 1.807) is 0 Å². The molecule has 5 heteroatoms. The minimum atomic E-state index is -0.894. The SMILES string of the molecule is CC(=O)O[C@@H]1[C@H]2C=C[C@@H]3C[C@H]4C[C@@H]5CC(=O)[C@@]4(C[C@@H]3[C@H]2C[C@H]1C)C(=O)O5. The van der Waals surface area contributed by atoms with Gasteiger partial charge in [-0.2, -0.15) is 0 Å². The molecule has 0 unspecified atom stereocenters. The van der Waals surface area contributed by atoms with Gasteiger partial charge in [-0.15, -0.1) is 0 Å². The molecule has 2 heterocycles. The van der Waals surface area contributed by atoms with Crippen LogP contribution < -0.4 is 0 Å². The van der Waals surface area contributed by atoms with Crippen molar-refractivity contribution in [1.82, 2.24) is 0 Å². The van der Waals surface area contributed by atoms with E-state index in [0.29, 0.717) is 36.5 Å². The van der Waals surface area contributed by atoms with E-state index in [2.05, 4.69) is 19.1 Å². The molecule has 6 aliphatic rings. The maximum absolute atomic E-state index is 12.9. The zero-order valence-corrected chi connectivity index (χ0v) is 15.4. The van der Waals surface area contributed by atoms with Crippen molar-refractivity contribution in [3.8, 4) is 0 Å². The topological polar surface area (TPSA) is 69.7 Å². The van der Waals surface area contributed by atoms with Gasteiger partial charge in [0.15, 0.2) is 5.78 Å². The Labute approximate surface area is 153 Å². The smallest absolute Gasteiger partial charge is 0.320 e. The molecule has 2 bridgehead atoms. The van der Waals surface area contributed by atoms with Crippen molar-refractivity contribution in [3.05, 3.63) is 12.2 Å². The third-order valence-corrected chi connectivity index (χ3v) is 7.97. The molecule has 140 valence electrons. The Balaban J connectivity index is 1.48. The first-order valence-corrected chi connectivity index (χ1v) is 10.00. The fourth-order valence-corrected chi connectivity index (χ4v) is 6.94.